The summed E-state index contributed by atoms with van der Waals surface area (Å²) in [6.45, 7) is 3.31. The van der Waals surface area contributed by atoms with Crippen LogP contribution in [0.25, 0.3) is 22.5 Å². The van der Waals surface area contributed by atoms with Gasteiger partial charge in [-0.15, -0.1) is 5.10 Å². The summed E-state index contributed by atoms with van der Waals surface area (Å²) in [5.41, 5.74) is 4.59. The highest BCUT2D eigenvalue weighted by Gasteiger charge is 2.22. The second kappa shape index (κ2) is 11.9. The van der Waals surface area contributed by atoms with Crippen molar-refractivity contribution in [3.63, 3.8) is 0 Å². The van der Waals surface area contributed by atoms with E-state index in [0.717, 1.165) is 53.8 Å². The van der Waals surface area contributed by atoms with Crippen molar-refractivity contribution >= 4 is 11.6 Å². The van der Waals surface area contributed by atoms with E-state index in [2.05, 4.69) is 27.5 Å². The largest absolute Gasteiger partial charge is 0.329 e. The number of nitrogens with one attached hydrogen (secondary N) is 1. The lowest BCUT2D eigenvalue weighted by Gasteiger charge is -2.21. The molecular formula is C28H34ClN7O. The number of tetrazole rings is 1. The molecule has 8 nitrogen and oxygen atoms in total. The fourth-order valence-electron chi connectivity index (χ4n) is 5.40. The predicted octanol–water partition coefficient (Wildman–Crippen LogP) is 5.91. The number of halogens is 1. The lowest BCUT2D eigenvalue weighted by atomic mass is 9.89. The van der Waals surface area contributed by atoms with Crippen molar-refractivity contribution in [2.24, 2.45) is 5.92 Å². The second-order valence-electron chi connectivity index (χ2n) is 10.0. The van der Waals surface area contributed by atoms with Crippen LogP contribution in [0.5, 0.6) is 0 Å². The number of hydrogen-bond acceptors (Lipinski definition) is 5. The van der Waals surface area contributed by atoms with Gasteiger partial charge in [0.1, 0.15) is 5.15 Å². The molecule has 0 unspecified atom stereocenters. The minimum atomic E-state index is -0.0175. The van der Waals surface area contributed by atoms with E-state index in [1.807, 2.05) is 51.7 Å². The number of H-pyrrole nitrogens is 1. The number of rotatable bonds is 10. The number of nitrogens with zero attached hydrogens (tertiary/aromatic N) is 6. The van der Waals surface area contributed by atoms with Gasteiger partial charge in [-0.05, 0) is 53.7 Å². The van der Waals surface area contributed by atoms with Gasteiger partial charge >= 0.3 is 5.69 Å². The van der Waals surface area contributed by atoms with Crippen molar-refractivity contribution in [3.05, 3.63) is 69.6 Å². The summed E-state index contributed by atoms with van der Waals surface area (Å²) in [6.07, 6.45) is 12.0. The standard InChI is InChI=1S/C28H34ClN7O/c1-2-3-5-14-25-26(29)36(18-20-10-6-4-7-11-20)28(37)35(25)19-22-16-15-21(17-30-22)23-12-8-9-13-24(23)27-31-33-34-32-27/h8-9,12-13,15-17,20H,2-7,10-11,14,18-19H2,1H3,(H,31,32,33,34). The normalized spacial score (nSPS) is 14.3. The Bertz CT molecular complexity index is 1350. The van der Waals surface area contributed by atoms with Crippen molar-refractivity contribution in [2.75, 3.05) is 0 Å². The van der Waals surface area contributed by atoms with Crippen molar-refractivity contribution in [3.8, 4) is 22.5 Å². The molecule has 1 saturated carbocycles. The molecule has 37 heavy (non-hydrogen) atoms. The zero-order valence-corrected chi connectivity index (χ0v) is 22.1. The summed E-state index contributed by atoms with van der Waals surface area (Å²) >= 11 is 6.87. The fraction of sp³-hybridized carbons (Fsp3) is 0.464. The SMILES string of the molecule is CCCCCc1c(Cl)n(CC2CCCCC2)c(=O)n1Cc1ccc(-c2ccccc2-c2nnn[nH]2)cn1. The molecule has 3 heterocycles. The van der Waals surface area contributed by atoms with Crippen molar-refractivity contribution in [2.45, 2.75) is 77.8 Å². The van der Waals surface area contributed by atoms with Crippen LogP contribution in [0.15, 0.2) is 47.4 Å². The quantitative estimate of drug-likeness (QED) is 0.263. The molecule has 0 radical (unpaired) electrons. The molecule has 0 saturated heterocycles. The minimum Gasteiger partial charge on any atom is -0.289 e. The van der Waals surface area contributed by atoms with E-state index >= 15 is 0 Å². The second-order valence-corrected chi connectivity index (χ2v) is 10.4. The maximum Gasteiger partial charge on any atom is 0.329 e. The molecule has 9 heteroatoms. The van der Waals surface area contributed by atoms with Gasteiger partial charge in [-0.3, -0.25) is 14.1 Å². The lowest BCUT2D eigenvalue weighted by molar-refractivity contribution is 0.315. The van der Waals surface area contributed by atoms with Crippen molar-refractivity contribution < 1.29 is 0 Å². The third kappa shape index (κ3) is 5.69. The third-order valence-corrected chi connectivity index (χ3v) is 7.85. The van der Waals surface area contributed by atoms with Crippen molar-refractivity contribution in [1.82, 2.24) is 34.7 Å². The monoisotopic (exact) mass is 519 g/mol. The first-order valence-corrected chi connectivity index (χ1v) is 13.8. The molecule has 1 aromatic carbocycles. The molecule has 3 aromatic heterocycles. The van der Waals surface area contributed by atoms with E-state index in [9.17, 15) is 4.79 Å². The van der Waals surface area contributed by atoms with Crippen LogP contribution in [-0.2, 0) is 19.5 Å². The smallest absolute Gasteiger partial charge is 0.289 e. The zero-order chi connectivity index (χ0) is 25.6. The molecule has 0 atom stereocenters. The van der Waals surface area contributed by atoms with Gasteiger partial charge in [0, 0.05) is 23.9 Å². The number of unbranched alkanes of at least 4 members (excludes halogenated alkanes) is 2. The summed E-state index contributed by atoms with van der Waals surface area (Å²) in [7, 11) is 0. The van der Waals surface area contributed by atoms with Crippen LogP contribution in [0.1, 0.15) is 69.7 Å². The summed E-state index contributed by atoms with van der Waals surface area (Å²) in [6, 6.07) is 12.0. The van der Waals surface area contributed by atoms with Crippen LogP contribution in [0.2, 0.25) is 5.15 Å². The molecule has 1 N–H and O–H groups in total. The Labute approximate surface area is 222 Å². The number of benzene rings is 1. The Morgan fingerprint density at radius 3 is 2.54 bits per heavy atom. The van der Waals surface area contributed by atoms with Gasteiger partial charge in [0.2, 0.25) is 0 Å². The minimum absolute atomic E-state index is 0.0175. The highest BCUT2D eigenvalue weighted by atomic mass is 35.5. The maximum absolute atomic E-state index is 13.6. The average molecular weight is 520 g/mol. The van der Waals surface area contributed by atoms with Gasteiger partial charge in [-0.2, -0.15) is 0 Å². The van der Waals surface area contributed by atoms with Crippen LogP contribution < -0.4 is 5.69 Å². The highest BCUT2D eigenvalue weighted by Crippen LogP contribution is 2.30. The number of aromatic nitrogens is 7. The zero-order valence-electron chi connectivity index (χ0n) is 21.4. The highest BCUT2D eigenvalue weighted by molar-refractivity contribution is 6.30. The summed E-state index contributed by atoms with van der Waals surface area (Å²) < 4.78 is 3.66. The number of imidazole rings is 1. The molecule has 1 aliphatic carbocycles. The first-order valence-electron chi connectivity index (χ1n) is 13.4. The molecule has 1 fully saturated rings. The Kier molecular flexibility index (Phi) is 8.14. The Hall–Kier alpha value is -3.26. The molecule has 5 rings (SSSR count). The first-order chi connectivity index (χ1) is 18.2. The van der Waals surface area contributed by atoms with Crippen molar-refractivity contribution in [1.29, 1.82) is 0 Å². The third-order valence-electron chi connectivity index (χ3n) is 7.43. The van der Waals surface area contributed by atoms with E-state index < -0.39 is 0 Å². The van der Waals surface area contributed by atoms with Crippen LogP contribution in [0.4, 0.5) is 0 Å². The van der Waals surface area contributed by atoms with Crippen LogP contribution in [-0.4, -0.2) is 34.7 Å². The molecule has 0 spiro atoms. The summed E-state index contributed by atoms with van der Waals surface area (Å²) in [5, 5.41) is 14.9. The number of pyridine rings is 1. The molecule has 0 aliphatic heterocycles. The van der Waals surface area contributed by atoms with E-state index in [-0.39, 0.29) is 5.69 Å². The fourth-order valence-corrected chi connectivity index (χ4v) is 5.73. The molecule has 194 valence electrons. The maximum atomic E-state index is 13.6. The molecule has 0 bridgehead atoms. The van der Waals surface area contributed by atoms with E-state index in [1.165, 1.54) is 32.1 Å². The molecule has 4 aromatic rings. The molecular weight excluding hydrogens is 486 g/mol. The lowest BCUT2D eigenvalue weighted by Crippen LogP contribution is -2.28. The molecule has 1 aliphatic rings. The Morgan fingerprint density at radius 1 is 1.03 bits per heavy atom. The van der Waals surface area contributed by atoms with E-state index in [0.29, 0.717) is 30.0 Å². The van der Waals surface area contributed by atoms with E-state index in [1.54, 1.807) is 0 Å². The van der Waals surface area contributed by atoms with Gasteiger partial charge in [-0.25, -0.2) is 9.89 Å². The number of hydrogen-bond donors (Lipinski definition) is 1. The van der Waals surface area contributed by atoms with Crippen LogP contribution >= 0.6 is 11.6 Å². The average Bonchev–Trinajstić information content (AvgIpc) is 3.55. The van der Waals surface area contributed by atoms with Crippen LogP contribution in [0, 0.1) is 5.92 Å². The van der Waals surface area contributed by atoms with E-state index in [4.69, 9.17) is 16.6 Å². The van der Waals surface area contributed by atoms with Gasteiger partial charge in [0.25, 0.3) is 0 Å². The van der Waals surface area contributed by atoms with Gasteiger partial charge in [-0.1, -0.05) is 81.0 Å². The Balaban J connectivity index is 1.42. The Morgan fingerprint density at radius 2 is 1.84 bits per heavy atom. The van der Waals surface area contributed by atoms with Crippen LogP contribution in [0.3, 0.4) is 0 Å². The summed E-state index contributed by atoms with van der Waals surface area (Å²) in [5.74, 6) is 1.14. The summed E-state index contributed by atoms with van der Waals surface area (Å²) in [4.78, 5) is 18.3. The van der Waals surface area contributed by atoms with Gasteiger partial charge < -0.3 is 0 Å². The predicted molar refractivity (Wildman–Crippen MR) is 145 cm³/mol. The van der Waals surface area contributed by atoms with Gasteiger partial charge in [0.05, 0.1) is 17.9 Å². The molecule has 0 amide bonds. The first kappa shape index (κ1) is 25.4. The number of aromatic amines is 1. The topological polar surface area (TPSA) is 94.3 Å². The van der Waals surface area contributed by atoms with Gasteiger partial charge in [0.15, 0.2) is 5.82 Å².